The Hall–Kier alpha value is -0.980. The molecular weight excluding hydrogens is 279 g/mol. The summed E-state index contributed by atoms with van der Waals surface area (Å²) in [5, 5.41) is 0. The lowest BCUT2D eigenvalue weighted by Crippen LogP contribution is -2.28. The van der Waals surface area contributed by atoms with Crippen LogP contribution in [-0.4, -0.2) is 15.0 Å². The van der Waals surface area contributed by atoms with Gasteiger partial charge in [-0.05, 0) is 43.4 Å². The summed E-state index contributed by atoms with van der Waals surface area (Å²) >= 11 is 0. The highest BCUT2D eigenvalue weighted by atomic mass is 32.2. The van der Waals surface area contributed by atoms with Gasteiger partial charge in [0.05, 0.1) is 4.90 Å². The molecule has 1 aromatic carbocycles. The van der Waals surface area contributed by atoms with Gasteiger partial charge in [-0.3, -0.25) is 0 Å². The molecule has 1 aliphatic rings. The predicted octanol–water partition coefficient (Wildman–Crippen LogP) is 2.06. The van der Waals surface area contributed by atoms with Crippen LogP contribution in [0.25, 0.3) is 0 Å². The smallest absolute Gasteiger partial charge is 0.240 e. The van der Waals surface area contributed by atoms with E-state index in [4.69, 9.17) is 5.73 Å². The lowest BCUT2D eigenvalue weighted by molar-refractivity contribution is 0.519. The first-order valence-electron chi connectivity index (χ1n) is 6.93. The normalized spacial score (nSPS) is 16.8. The number of sulfonamides is 1. The molecule has 0 radical (unpaired) electrons. The molecule has 4 nitrogen and oxygen atoms in total. The molecule has 0 amide bonds. The first-order valence-corrected chi connectivity index (χ1v) is 8.41. The van der Waals surface area contributed by atoms with Crippen molar-refractivity contribution in [2.24, 2.45) is 11.7 Å². The van der Waals surface area contributed by atoms with Crippen LogP contribution in [0.15, 0.2) is 17.0 Å². The van der Waals surface area contributed by atoms with Gasteiger partial charge in [0.1, 0.15) is 5.82 Å². The van der Waals surface area contributed by atoms with Crippen molar-refractivity contribution in [1.29, 1.82) is 0 Å². The van der Waals surface area contributed by atoms with Crippen LogP contribution in [0.2, 0.25) is 0 Å². The molecule has 1 aliphatic carbocycles. The van der Waals surface area contributed by atoms with E-state index in [0.29, 0.717) is 18.0 Å². The van der Waals surface area contributed by atoms with Gasteiger partial charge < -0.3 is 5.73 Å². The number of hydrogen-bond acceptors (Lipinski definition) is 3. The second-order valence-electron chi connectivity index (χ2n) is 5.42. The molecule has 1 saturated carbocycles. The quantitative estimate of drug-likeness (QED) is 0.874. The van der Waals surface area contributed by atoms with E-state index in [-0.39, 0.29) is 17.0 Å². The third kappa shape index (κ3) is 3.37. The highest BCUT2D eigenvalue weighted by molar-refractivity contribution is 7.89. The summed E-state index contributed by atoms with van der Waals surface area (Å²) in [4.78, 5) is 0.0925. The zero-order valence-corrected chi connectivity index (χ0v) is 12.5. The minimum atomic E-state index is -3.59. The molecule has 3 N–H and O–H groups in total. The minimum absolute atomic E-state index is 0.0152. The summed E-state index contributed by atoms with van der Waals surface area (Å²) < 4.78 is 40.8. The fraction of sp³-hybridized carbons (Fsp3) is 0.571. The summed E-state index contributed by atoms with van der Waals surface area (Å²) in [7, 11) is -3.59. The second-order valence-corrected chi connectivity index (χ2v) is 7.19. The number of nitrogens with two attached hydrogens (primary N) is 1. The number of hydrogen-bond donors (Lipinski definition) is 2. The van der Waals surface area contributed by atoms with Gasteiger partial charge in [0.15, 0.2) is 0 Å². The summed E-state index contributed by atoms with van der Waals surface area (Å²) in [6.07, 6.45) is 4.47. The molecule has 0 aliphatic heterocycles. The molecule has 0 aromatic heterocycles. The van der Waals surface area contributed by atoms with Crippen LogP contribution in [0.4, 0.5) is 4.39 Å². The molecule has 2 rings (SSSR count). The van der Waals surface area contributed by atoms with Crippen molar-refractivity contribution in [2.45, 2.75) is 44.0 Å². The van der Waals surface area contributed by atoms with Gasteiger partial charge in [0.2, 0.25) is 10.0 Å². The Labute approximate surface area is 119 Å². The first-order chi connectivity index (χ1) is 9.44. The minimum Gasteiger partial charge on any atom is -0.326 e. The highest BCUT2D eigenvalue weighted by Crippen LogP contribution is 2.25. The van der Waals surface area contributed by atoms with Crippen molar-refractivity contribution >= 4 is 10.0 Å². The first kappa shape index (κ1) is 15.4. The van der Waals surface area contributed by atoms with E-state index < -0.39 is 15.8 Å². The molecule has 0 spiro atoms. The molecule has 1 fully saturated rings. The Kier molecular flexibility index (Phi) is 4.78. The summed E-state index contributed by atoms with van der Waals surface area (Å²) in [6.45, 7) is 1.99. The van der Waals surface area contributed by atoms with Gasteiger partial charge in [-0.1, -0.05) is 12.8 Å². The molecule has 1 aromatic rings. The maximum absolute atomic E-state index is 13.7. The van der Waals surface area contributed by atoms with Gasteiger partial charge in [0, 0.05) is 18.7 Å². The van der Waals surface area contributed by atoms with Crippen molar-refractivity contribution in [1.82, 2.24) is 4.72 Å². The van der Waals surface area contributed by atoms with E-state index in [1.165, 1.54) is 25.0 Å². The van der Waals surface area contributed by atoms with E-state index in [1.807, 2.05) is 0 Å². The zero-order valence-electron chi connectivity index (χ0n) is 11.7. The lowest BCUT2D eigenvalue weighted by Gasteiger charge is -2.13. The van der Waals surface area contributed by atoms with Crippen molar-refractivity contribution in [3.05, 3.63) is 29.1 Å². The van der Waals surface area contributed by atoms with Crippen LogP contribution in [-0.2, 0) is 16.6 Å². The van der Waals surface area contributed by atoms with E-state index >= 15 is 0 Å². The van der Waals surface area contributed by atoms with Gasteiger partial charge in [-0.25, -0.2) is 17.5 Å². The Bertz CT molecular complexity index is 581. The van der Waals surface area contributed by atoms with Crippen LogP contribution in [0.5, 0.6) is 0 Å². The van der Waals surface area contributed by atoms with Crippen LogP contribution in [0.1, 0.15) is 36.8 Å². The molecule has 0 bridgehead atoms. The molecule has 20 heavy (non-hydrogen) atoms. The molecule has 0 heterocycles. The average molecular weight is 300 g/mol. The SMILES string of the molecule is Cc1cc(S(=O)(=O)NCC2CCCC2)cc(CN)c1F. The van der Waals surface area contributed by atoms with Gasteiger partial charge in [0.25, 0.3) is 0 Å². The molecule has 112 valence electrons. The zero-order chi connectivity index (χ0) is 14.8. The Morgan fingerprint density at radius 1 is 1.35 bits per heavy atom. The van der Waals surface area contributed by atoms with Crippen molar-refractivity contribution in [2.75, 3.05) is 6.54 Å². The number of aryl methyl sites for hydroxylation is 1. The molecular formula is C14H21FN2O2S. The molecule has 0 atom stereocenters. The van der Waals surface area contributed by atoms with Crippen LogP contribution < -0.4 is 10.5 Å². The van der Waals surface area contributed by atoms with Crippen LogP contribution >= 0.6 is 0 Å². The number of halogens is 1. The third-order valence-electron chi connectivity index (χ3n) is 3.87. The van der Waals surface area contributed by atoms with Gasteiger partial charge >= 0.3 is 0 Å². The largest absolute Gasteiger partial charge is 0.326 e. The van der Waals surface area contributed by atoms with Crippen LogP contribution in [0.3, 0.4) is 0 Å². The van der Waals surface area contributed by atoms with Crippen molar-refractivity contribution in [3.63, 3.8) is 0 Å². The topological polar surface area (TPSA) is 72.2 Å². The number of benzene rings is 1. The lowest BCUT2D eigenvalue weighted by atomic mass is 10.1. The fourth-order valence-corrected chi connectivity index (χ4v) is 3.89. The summed E-state index contributed by atoms with van der Waals surface area (Å²) in [5.74, 6) is -0.0115. The van der Waals surface area contributed by atoms with Crippen LogP contribution in [0, 0.1) is 18.7 Å². The Morgan fingerprint density at radius 2 is 2.00 bits per heavy atom. The Balaban J connectivity index is 2.18. The van der Waals surface area contributed by atoms with E-state index in [1.54, 1.807) is 6.92 Å². The predicted molar refractivity (Wildman–Crippen MR) is 76.2 cm³/mol. The standard InChI is InChI=1S/C14H21FN2O2S/c1-10-6-13(7-12(8-16)14(10)15)20(18,19)17-9-11-4-2-3-5-11/h6-7,11,17H,2-5,8-9,16H2,1H3. The monoisotopic (exact) mass is 300 g/mol. The van der Waals surface area contributed by atoms with E-state index in [0.717, 1.165) is 12.8 Å². The summed E-state index contributed by atoms with van der Waals surface area (Å²) in [6, 6.07) is 2.67. The number of rotatable bonds is 5. The third-order valence-corrected chi connectivity index (χ3v) is 5.27. The molecule has 6 heteroatoms. The highest BCUT2D eigenvalue weighted by Gasteiger charge is 2.21. The fourth-order valence-electron chi connectivity index (χ4n) is 2.64. The van der Waals surface area contributed by atoms with Gasteiger partial charge in [-0.15, -0.1) is 0 Å². The van der Waals surface area contributed by atoms with E-state index in [9.17, 15) is 12.8 Å². The molecule has 0 saturated heterocycles. The second kappa shape index (κ2) is 6.20. The maximum atomic E-state index is 13.7. The van der Waals surface area contributed by atoms with Crippen molar-refractivity contribution < 1.29 is 12.8 Å². The Morgan fingerprint density at radius 3 is 2.60 bits per heavy atom. The van der Waals surface area contributed by atoms with E-state index in [2.05, 4.69) is 4.72 Å². The number of nitrogens with one attached hydrogen (secondary N) is 1. The average Bonchev–Trinajstić information content (AvgIpc) is 2.92. The van der Waals surface area contributed by atoms with Gasteiger partial charge in [-0.2, -0.15) is 0 Å². The van der Waals surface area contributed by atoms with Crippen molar-refractivity contribution in [3.8, 4) is 0 Å². The summed E-state index contributed by atoms with van der Waals surface area (Å²) in [5.41, 5.74) is 5.98. The maximum Gasteiger partial charge on any atom is 0.240 e. The molecule has 0 unspecified atom stereocenters.